The van der Waals surface area contributed by atoms with Crippen molar-refractivity contribution in [3.63, 3.8) is 0 Å². The molecular formula is C28H23ClN2O3. The second-order valence-corrected chi connectivity index (χ2v) is 7.88. The molecule has 3 aromatic carbocycles. The van der Waals surface area contributed by atoms with Crippen molar-refractivity contribution in [2.45, 2.75) is 20.0 Å². The number of hydrogen-bond donors (Lipinski definition) is 0. The van der Waals surface area contributed by atoms with Crippen LogP contribution >= 0.6 is 11.6 Å². The number of fused-ring (bicyclic) bond motifs is 1. The third-order valence-electron chi connectivity index (χ3n) is 5.10. The normalized spacial score (nSPS) is 11.3. The van der Waals surface area contributed by atoms with Crippen molar-refractivity contribution in [2.24, 2.45) is 0 Å². The van der Waals surface area contributed by atoms with E-state index in [2.05, 4.69) is 17.6 Å². The van der Waals surface area contributed by atoms with Crippen LogP contribution in [0.4, 0.5) is 0 Å². The van der Waals surface area contributed by atoms with E-state index in [9.17, 15) is 5.26 Å². The zero-order chi connectivity index (χ0) is 23.9. The lowest BCUT2D eigenvalue weighted by Crippen LogP contribution is -2.03. The summed E-state index contributed by atoms with van der Waals surface area (Å²) in [6.07, 6.45) is 4.09. The van der Waals surface area contributed by atoms with Gasteiger partial charge in [-0.2, -0.15) is 5.26 Å². The second kappa shape index (κ2) is 10.7. The summed E-state index contributed by atoms with van der Waals surface area (Å²) in [6.45, 7) is 6.54. The Morgan fingerprint density at radius 2 is 1.91 bits per heavy atom. The Morgan fingerprint density at radius 1 is 1.12 bits per heavy atom. The van der Waals surface area contributed by atoms with Crippen LogP contribution < -0.4 is 9.47 Å². The average molecular weight is 471 g/mol. The Bertz CT molecular complexity index is 1370. The predicted molar refractivity (Wildman–Crippen MR) is 135 cm³/mol. The summed E-state index contributed by atoms with van der Waals surface area (Å²) in [4.78, 5) is 4.44. The SMILES string of the molecule is C=CCc1cc(/C=C(\C#N)c2nc3ccccc3o2)cc(OCC)c1OCc1ccccc1Cl. The molecular weight excluding hydrogens is 448 g/mol. The van der Waals surface area contributed by atoms with Crippen LogP contribution in [0.2, 0.25) is 5.02 Å². The third kappa shape index (κ3) is 5.14. The second-order valence-electron chi connectivity index (χ2n) is 7.47. The van der Waals surface area contributed by atoms with Crippen molar-refractivity contribution in [2.75, 3.05) is 6.61 Å². The minimum Gasteiger partial charge on any atom is -0.490 e. The first kappa shape index (κ1) is 23.2. The number of nitriles is 1. The van der Waals surface area contributed by atoms with E-state index in [4.69, 9.17) is 25.5 Å². The molecule has 0 fully saturated rings. The fraction of sp³-hybridized carbons (Fsp3) is 0.143. The summed E-state index contributed by atoms with van der Waals surface area (Å²) in [5.41, 5.74) is 4.17. The van der Waals surface area contributed by atoms with Gasteiger partial charge in [0, 0.05) is 16.1 Å². The smallest absolute Gasteiger partial charge is 0.238 e. The summed E-state index contributed by atoms with van der Waals surface area (Å²) < 4.78 is 17.9. The van der Waals surface area contributed by atoms with E-state index in [-0.39, 0.29) is 5.89 Å². The van der Waals surface area contributed by atoms with E-state index in [0.29, 0.717) is 52.8 Å². The quantitative estimate of drug-likeness (QED) is 0.190. The van der Waals surface area contributed by atoms with Crippen LogP contribution in [0.1, 0.15) is 29.5 Å². The summed E-state index contributed by atoms with van der Waals surface area (Å²) in [5, 5.41) is 10.4. The molecule has 34 heavy (non-hydrogen) atoms. The average Bonchev–Trinajstić information content (AvgIpc) is 3.27. The molecule has 0 unspecified atom stereocenters. The van der Waals surface area contributed by atoms with Crippen molar-refractivity contribution < 1.29 is 13.9 Å². The van der Waals surface area contributed by atoms with Gasteiger partial charge in [-0.1, -0.05) is 48.0 Å². The first-order valence-corrected chi connectivity index (χ1v) is 11.2. The molecule has 1 aromatic heterocycles. The van der Waals surface area contributed by atoms with Gasteiger partial charge in [0.25, 0.3) is 0 Å². The molecule has 0 radical (unpaired) electrons. The van der Waals surface area contributed by atoms with Crippen LogP contribution in [0.5, 0.6) is 11.5 Å². The molecule has 6 heteroatoms. The first-order chi connectivity index (χ1) is 16.6. The van der Waals surface area contributed by atoms with Gasteiger partial charge in [-0.15, -0.1) is 6.58 Å². The Kier molecular flexibility index (Phi) is 7.31. The van der Waals surface area contributed by atoms with E-state index in [1.807, 2.05) is 67.6 Å². The van der Waals surface area contributed by atoms with Crippen molar-refractivity contribution >= 4 is 34.3 Å². The van der Waals surface area contributed by atoms with Crippen LogP contribution in [0.15, 0.2) is 77.7 Å². The molecule has 0 amide bonds. The number of aromatic nitrogens is 1. The number of para-hydroxylation sites is 2. The fourth-order valence-corrected chi connectivity index (χ4v) is 3.75. The summed E-state index contributed by atoms with van der Waals surface area (Å²) in [5.74, 6) is 1.47. The van der Waals surface area contributed by atoms with E-state index >= 15 is 0 Å². The van der Waals surface area contributed by atoms with Gasteiger partial charge in [0.1, 0.15) is 23.8 Å². The number of oxazole rings is 1. The van der Waals surface area contributed by atoms with Crippen molar-refractivity contribution in [3.05, 3.63) is 101 Å². The van der Waals surface area contributed by atoms with Gasteiger partial charge in [-0.25, -0.2) is 4.98 Å². The summed E-state index contributed by atoms with van der Waals surface area (Å²) in [7, 11) is 0. The number of rotatable bonds is 9. The number of halogens is 1. The third-order valence-corrected chi connectivity index (χ3v) is 5.47. The molecule has 1 heterocycles. The van der Waals surface area contributed by atoms with Crippen LogP contribution in [0.3, 0.4) is 0 Å². The number of allylic oxidation sites excluding steroid dienone is 2. The molecule has 0 aliphatic rings. The lowest BCUT2D eigenvalue weighted by atomic mass is 10.0. The zero-order valence-electron chi connectivity index (χ0n) is 18.8. The lowest BCUT2D eigenvalue weighted by molar-refractivity contribution is 0.267. The predicted octanol–water partition coefficient (Wildman–Crippen LogP) is 7.25. The lowest BCUT2D eigenvalue weighted by Gasteiger charge is -2.17. The van der Waals surface area contributed by atoms with Crippen LogP contribution in [0.25, 0.3) is 22.7 Å². The molecule has 0 saturated carbocycles. The van der Waals surface area contributed by atoms with Gasteiger partial charge >= 0.3 is 0 Å². The largest absolute Gasteiger partial charge is 0.490 e. The Labute approximate surface area is 203 Å². The van der Waals surface area contributed by atoms with Gasteiger partial charge in [-0.3, -0.25) is 0 Å². The van der Waals surface area contributed by atoms with Gasteiger partial charge in [0.2, 0.25) is 5.89 Å². The minimum atomic E-state index is 0.269. The summed E-state index contributed by atoms with van der Waals surface area (Å²) >= 11 is 6.30. The molecule has 0 bridgehead atoms. The molecule has 5 nitrogen and oxygen atoms in total. The Morgan fingerprint density at radius 3 is 2.65 bits per heavy atom. The van der Waals surface area contributed by atoms with Crippen LogP contribution in [0, 0.1) is 11.3 Å². The minimum absolute atomic E-state index is 0.269. The number of nitrogens with zero attached hydrogens (tertiary/aromatic N) is 2. The maximum Gasteiger partial charge on any atom is 0.238 e. The Hall–Kier alpha value is -4.01. The maximum absolute atomic E-state index is 9.80. The highest BCUT2D eigenvalue weighted by atomic mass is 35.5. The first-order valence-electron chi connectivity index (χ1n) is 10.9. The molecule has 0 N–H and O–H groups in total. The zero-order valence-corrected chi connectivity index (χ0v) is 19.5. The molecule has 4 rings (SSSR count). The molecule has 0 saturated heterocycles. The number of benzene rings is 3. The van der Waals surface area contributed by atoms with Gasteiger partial charge in [-0.05, 0) is 55.3 Å². The van der Waals surface area contributed by atoms with Crippen molar-refractivity contribution in [1.82, 2.24) is 4.98 Å². The number of hydrogen-bond acceptors (Lipinski definition) is 5. The summed E-state index contributed by atoms with van der Waals surface area (Å²) in [6, 6.07) is 21.0. The van der Waals surface area contributed by atoms with Crippen LogP contribution in [-0.4, -0.2) is 11.6 Å². The molecule has 170 valence electrons. The molecule has 0 atom stereocenters. The maximum atomic E-state index is 9.80. The molecule has 4 aromatic rings. The molecule has 0 aliphatic heterocycles. The standard InChI is InChI=1S/C28H23ClN2O3/c1-3-9-20-14-19(15-22(17-30)28-31-24-12-7-8-13-25(24)34-28)16-26(32-4-2)27(20)33-18-21-10-5-6-11-23(21)29/h3,5-8,10-16H,1,4,9,18H2,2H3/b22-15+. The Balaban J connectivity index is 1.73. The number of ether oxygens (including phenoxy) is 2. The van der Waals surface area contributed by atoms with E-state index < -0.39 is 0 Å². The van der Waals surface area contributed by atoms with Crippen molar-refractivity contribution in [3.8, 4) is 17.6 Å². The van der Waals surface area contributed by atoms with E-state index in [1.165, 1.54) is 0 Å². The van der Waals surface area contributed by atoms with Gasteiger partial charge in [0.15, 0.2) is 17.1 Å². The fourth-order valence-electron chi connectivity index (χ4n) is 3.56. The highest BCUT2D eigenvalue weighted by Gasteiger charge is 2.16. The molecule has 0 aliphatic carbocycles. The van der Waals surface area contributed by atoms with Gasteiger partial charge in [0.05, 0.1) is 6.61 Å². The van der Waals surface area contributed by atoms with Gasteiger partial charge < -0.3 is 13.9 Å². The highest BCUT2D eigenvalue weighted by Crippen LogP contribution is 2.36. The van der Waals surface area contributed by atoms with E-state index in [0.717, 1.165) is 16.7 Å². The van der Waals surface area contributed by atoms with Crippen molar-refractivity contribution in [1.29, 1.82) is 5.26 Å². The highest BCUT2D eigenvalue weighted by molar-refractivity contribution is 6.31. The van der Waals surface area contributed by atoms with E-state index in [1.54, 1.807) is 12.2 Å². The topological polar surface area (TPSA) is 68.3 Å². The monoisotopic (exact) mass is 470 g/mol. The molecule has 0 spiro atoms. The van der Waals surface area contributed by atoms with Crippen LogP contribution in [-0.2, 0) is 13.0 Å².